The van der Waals surface area contributed by atoms with Gasteiger partial charge >= 0.3 is 0 Å². The topological polar surface area (TPSA) is 59.7 Å². The monoisotopic (exact) mass is 317 g/mol. The highest BCUT2D eigenvalue weighted by molar-refractivity contribution is 7.16. The molecule has 0 unspecified atom stereocenters. The highest BCUT2D eigenvalue weighted by atomic mass is 32.1. The zero-order chi connectivity index (χ0) is 15.7. The van der Waals surface area contributed by atoms with E-state index in [0.717, 1.165) is 33.4 Å². The predicted molar refractivity (Wildman–Crippen MR) is 87.3 cm³/mol. The molecule has 0 saturated carbocycles. The number of aliphatic hydroxyl groups excluding tert-OH is 1. The van der Waals surface area contributed by atoms with Gasteiger partial charge in [-0.2, -0.15) is 5.10 Å². The fourth-order valence-electron chi connectivity index (χ4n) is 2.46. The molecule has 0 amide bonds. The van der Waals surface area contributed by atoms with Crippen molar-refractivity contribution in [3.05, 3.63) is 35.0 Å². The van der Waals surface area contributed by atoms with Crippen LogP contribution in [0.5, 0.6) is 5.75 Å². The van der Waals surface area contributed by atoms with E-state index in [4.69, 9.17) is 4.74 Å². The normalized spacial score (nSPS) is 11.5. The minimum absolute atomic E-state index is 0.112. The van der Waals surface area contributed by atoms with Crippen LogP contribution >= 0.6 is 11.3 Å². The number of imidazole rings is 1. The van der Waals surface area contributed by atoms with Crippen molar-refractivity contribution in [3.63, 3.8) is 0 Å². The van der Waals surface area contributed by atoms with E-state index in [9.17, 15) is 5.11 Å². The number of aromatic nitrogens is 3. The number of hydrogen-bond donors (Lipinski definition) is 1. The van der Waals surface area contributed by atoms with Gasteiger partial charge in [-0.3, -0.25) is 0 Å². The molecule has 2 aromatic heterocycles. The zero-order valence-corrected chi connectivity index (χ0v) is 13.7. The van der Waals surface area contributed by atoms with Crippen LogP contribution in [0.15, 0.2) is 24.3 Å². The van der Waals surface area contributed by atoms with Gasteiger partial charge in [0.15, 0.2) is 0 Å². The van der Waals surface area contributed by atoms with E-state index in [1.165, 1.54) is 0 Å². The van der Waals surface area contributed by atoms with E-state index in [2.05, 4.69) is 23.9 Å². The third-order valence-corrected chi connectivity index (χ3v) is 4.36. The fraction of sp³-hybridized carbons (Fsp3) is 0.375. The number of para-hydroxylation sites is 1. The summed E-state index contributed by atoms with van der Waals surface area (Å²) in [5.41, 5.74) is 2.30. The molecule has 0 aliphatic carbocycles. The molecule has 0 fully saturated rings. The van der Waals surface area contributed by atoms with Crippen molar-refractivity contribution < 1.29 is 9.84 Å². The number of rotatable bonds is 5. The minimum atomic E-state index is -0.112. The number of fused-ring (bicyclic) bond motifs is 1. The average molecular weight is 317 g/mol. The summed E-state index contributed by atoms with van der Waals surface area (Å²) in [4.78, 5) is 5.48. The number of hydrogen-bond acceptors (Lipinski definition) is 5. The van der Waals surface area contributed by atoms with E-state index < -0.39 is 0 Å². The first-order valence-electron chi connectivity index (χ1n) is 7.25. The second kappa shape index (κ2) is 6.06. The van der Waals surface area contributed by atoms with Crippen LogP contribution in [0.1, 0.15) is 24.5 Å². The maximum Gasteiger partial charge on any atom is 0.213 e. The first-order valence-corrected chi connectivity index (χ1v) is 8.07. The highest BCUT2D eigenvalue weighted by Gasteiger charge is 2.19. The van der Waals surface area contributed by atoms with Gasteiger partial charge in [0, 0.05) is 12.0 Å². The van der Waals surface area contributed by atoms with E-state index >= 15 is 0 Å². The number of methoxy groups -OCH3 is 1. The standard InChI is InChI=1S/C16H19N3O2S/c1-10(2)8-14-18-19-12(9-20)15(17-16(19)22-14)11-6-4-5-7-13(11)21-3/h4-7,10,20H,8-9H2,1-3H3. The lowest BCUT2D eigenvalue weighted by Crippen LogP contribution is -1.99. The van der Waals surface area contributed by atoms with Gasteiger partial charge in [0.25, 0.3) is 0 Å². The molecule has 3 aromatic rings. The van der Waals surface area contributed by atoms with Crippen molar-refractivity contribution in [1.29, 1.82) is 0 Å². The number of aliphatic hydroxyl groups is 1. The zero-order valence-electron chi connectivity index (χ0n) is 12.9. The number of benzene rings is 1. The Morgan fingerprint density at radius 3 is 2.77 bits per heavy atom. The first-order chi connectivity index (χ1) is 10.6. The van der Waals surface area contributed by atoms with Crippen LogP contribution in [0.4, 0.5) is 0 Å². The summed E-state index contributed by atoms with van der Waals surface area (Å²) in [7, 11) is 1.63. The molecule has 1 N–H and O–H groups in total. The second-order valence-electron chi connectivity index (χ2n) is 5.55. The SMILES string of the molecule is COc1ccccc1-c1nc2sc(CC(C)C)nn2c1CO. The van der Waals surface area contributed by atoms with Crippen molar-refractivity contribution >= 4 is 16.3 Å². The Balaban J connectivity index is 2.12. The third-order valence-electron chi connectivity index (χ3n) is 3.43. The molecule has 0 atom stereocenters. The Hall–Kier alpha value is -1.92. The van der Waals surface area contributed by atoms with Gasteiger partial charge in [-0.15, -0.1) is 0 Å². The van der Waals surface area contributed by atoms with Crippen molar-refractivity contribution in [3.8, 4) is 17.0 Å². The van der Waals surface area contributed by atoms with Crippen LogP contribution in [0, 0.1) is 5.92 Å². The molecular weight excluding hydrogens is 298 g/mol. The largest absolute Gasteiger partial charge is 0.496 e. The Morgan fingerprint density at radius 2 is 2.09 bits per heavy atom. The van der Waals surface area contributed by atoms with Crippen LogP contribution in [-0.2, 0) is 13.0 Å². The smallest absolute Gasteiger partial charge is 0.213 e. The Labute approximate surface area is 133 Å². The molecule has 3 rings (SSSR count). The van der Waals surface area contributed by atoms with E-state index in [-0.39, 0.29) is 6.61 Å². The lowest BCUT2D eigenvalue weighted by atomic mass is 10.1. The molecule has 0 saturated heterocycles. The molecule has 116 valence electrons. The summed E-state index contributed by atoms with van der Waals surface area (Å²) in [5.74, 6) is 1.28. The first kappa shape index (κ1) is 15.0. The predicted octanol–water partition coefficient (Wildman–Crippen LogP) is 3.16. The lowest BCUT2D eigenvalue weighted by molar-refractivity contribution is 0.274. The van der Waals surface area contributed by atoms with Gasteiger partial charge < -0.3 is 9.84 Å². The summed E-state index contributed by atoms with van der Waals surface area (Å²) in [5, 5.41) is 15.4. The summed E-state index contributed by atoms with van der Waals surface area (Å²) < 4.78 is 7.15. The number of nitrogens with zero attached hydrogens (tertiary/aromatic N) is 3. The maximum atomic E-state index is 9.78. The van der Waals surface area contributed by atoms with E-state index in [0.29, 0.717) is 11.6 Å². The van der Waals surface area contributed by atoms with Gasteiger partial charge in [0.2, 0.25) is 4.96 Å². The Kier molecular flexibility index (Phi) is 4.13. The van der Waals surface area contributed by atoms with Crippen molar-refractivity contribution in [2.75, 3.05) is 7.11 Å². The van der Waals surface area contributed by atoms with Crippen LogP contribution in [0.25, 0.3) is 16.2 Å². The van der Waals surface area contributed by atoms with Crippen molar-refractivity contribution in [1.82, 2.24) is 14.6 Å². The highest BCUT2D eigenvalue weighted by Crippen LogP contribution is 2.33. The average Bonchev–Trinajstić information content (AvgIpc) is 3.02. The van der Waals surface area contributed by atoms with Crippen LogP contribution in [-0.4, -0.2) is 26.8 Å². The van der Waals surface area contributed by atoms with Gasteiger partial charge in [-0.1, -0.05) is 37.3 Å². The third kappa shape index (κ3) is 2.60. The molecule has 0 aliphatic rings. The fourth-order valence-corrected chi connectivity index (χ4v) is 3.58. The van der Waals surface area contributed by atoms with Gasteiger partial charge in [-0.05, 0) is 18.1 Å². The molecule has 0 aliphatic heterocycles. The number of ether oxygens (including phenoxy) is 1. The molecule has 5 nitrogen and oxygen atoms in total. The summed E-state index contributed by atoms with van der Waals surface area (Å²) in [6, 6.07) is 7.68. The molecule has 1 aromatic carbocycles. The molecule has 0 radical (unpaired) electrons. The van der Waals surface area contributed by atoms with E-state index in [1.807, 2.05) is 24.3 Å². The molecule has 0 spiro atoms. The quantitative estimate of drug-likeness (QED) is 0.785. The molecule has 0 bridgehead atoms. The van der Waals surface area contributed by atoms with E-state index in [1.54, 1.807) is 23.0 Å². The molecule has 6 heteroatoms. The van der Waals surface area contributed by atoms with Crippen LogP contribution < -0.4 is 4.74 Å². The minimum Gasteiger partial charge on any atom is -0.496 e. The maximum absolute atomic E-state index is 9.78. The molecule has 22 heavy (non-hydrogen) atoms. The lowest BCUT2D eigenvalue weighted by Gasteiger charge is -2.07. The summed E-state index contributed by atoms with van der Waals surface area (Å²) in [6.45, 7) is 4.22. The Morgan fingerprint density at radius 1 is 1.32 bits per heavy atom. The van der Waals surface area contributed by atoms with Gasteiger partial charge in [0.05, 0.1) is 19.4 Å². The van der Waals surface area contributed by atoms with Crippen molar-refractivity contribution in [2.24, 2.45) is 5.92 Å². The van der Waals surface area contributed by atoms with Crippen molar-refractivity contribution in [2.45, 2.75) is 26.9 Å². The summed E-state index contributed by atoms with van der Waals surface area (Å²) in [6.07, 6.45) is 0.920. The molecule has 2 heterocycles. The van der Waals surface area contributed by atoms with Crippen LogP contribution in [0.3, 0.4) is 0 Å². The van der Waals surface area contributed by atoms with Crippen LogP contribution in [0.2, 0.25) is 0 Å². The Bertz CT molecular complexity index is 792. The summed E-state index contributed by atoms with van der Waals surface area (Å²) >= 11 is 1.57. The van der Waals surface area contributed by atoms with Gasteiger partial charge in [-0.25, -0.2) is 9.50 Å². The second-order valence-corrected chi connectivity index (χ2v) is 6.59. The molecular formula is C16H19N3O2S. The van der Waals surface area contributed by atoms with Gasteiger partial charge in [0.1, 0.15) is 16.5 Å².